The Kier molecular flexibility index (Phi) is 52.1. The molecule has 0 aromatic heterocycles. The molecule has 0 aromatic rings. The lowest BCUT2D eigenvalue weighted by atomic mass is 9.99. The Balaban J connectivity index is 2.13. The van der Waals surface area contributed by atoms with Gasteiger partial charge in [0.15, 0.2) is 6.29 Å². The topological polar surface area (TPSA) is 169 Å². The van der Waals surface area contributed by atoms with Crippen molar-refractivity contribution in [1.82, 2.24) is 5.32 Å². The van der Waals surface area contributed by atoms with Gasteiger partial charge in [-0.3, -0.25) is 4.79 Å². The zero-order valence-electron chi connectivity index (χ0n) is 49.2. The van der Waals surface area contributed by atoms with Crippen molar-refractivity contribution in [3.05, 3.63) is 24.3 Å². The number of unbranched alkanes of at least 4 members (excludes halogenated alkanes) is 44. The molecule has 1 aliphatic rings. The lowest BCUT2D eigenvalue weighted by molar-refractivity contribution is -0.302. The van der Waals surface area contributed by atoms with Gasteiger partial charge >= 0.3 is 0 Å². The lowest BCUT2D eigenvalue weighted by Gasteiger charge is -2.40. The van der Waals surface area contributed by atoms with Crippen LogP contribution in [0.25, 0.3) is 0 Å². The van der Waals surface area contributed by atoms with E-state index in [0.717, 1.165) is 44.9 Å². The molecule has 444 valence electrons. The van der Waals surface area contributed by atoms with Gasteiger partial charge in [0, 0.05) is 0 Å². The van der Waals surface area contributed by atoms with Gasteiger partial charge in [0.05, 0.1) is 25.4 Å². The molecule has 0 saturated carbocycles. The van der Waals surface area contributed by atoms with E-state index in [0.29, 0.717) is 6.42 Å². The summed E-state index contributed by atoms with van der Waals surface area (Å²) < 4.78 is 11.2. The summed E-state index contributed by atoms with van der Waals surface area (Å²) in [5, 5.41) is 65.1. The Hall–Kier alpha value is -1.37. The molecule has 8 atom stereocenters. The predicted octanol–water partition coefficient (Wildman–Crippen LogP) is 15.9. The van der Waals surface area contributed by atoms with Gasteiger partial charge in [-0.05, 0) is 44.9 Å². The first-order valence-electron chi connectivity index (χ1n) is 32.7. The SMILES string of the molecule is CCCCCCCCCCCCCCCC/C=C\CCCCCCCCCCCCCCCCCCC(O)C(=O)NC(COC1OC(CO)C(O)C(O)C1O)C(O)/C=C/CCCCCCCCCCCCCCCC. The van der Waals surface area contributed by atoms with E-state index >= 15 is 0 Å². The smallest absolute Gasteiger partial charge is 0.249 e. The minimum Gasteiger partial charge on any atom is -0.394 e. The van der Waals surface area contributed by atoms with Crippen molar-refractivity contribution in [3.63, 3.8) is 0 Å². The number of carbonyl (C=O) groups excluding carboxylic acids is 1. The third-order valence-corrected chi connectivity index (χ3v) is 15.9. The molecule has 1 amide bonds. The number of hydrogen-bond donors (Lipinski definition) is 7. The highest BCUT2D eigenvalue weighted by Gasteiger charge is 2.44. The molecule has 8 unspecified atom stereocenters. The lowest BCUT2D eigenvalue weighted by Crippen LogP contribution is -2.60. The molecule has 0 bridgehead atoms. The molecule has 10 nitrogen and oxygen atoms in total. The molecule has 0 aliphatic carbocycles. The average molecular weight is 1060 g/mol. The van der Waals surface area contributed by atoms with Crippen LogP contribution >= 0.6 is 0 Å². The summed E-state index contributed by atoms with van der Waals surface area (Å²) in [6.07, 6.45) is 60.3. The fourth-order valence-corrected chi connectivity index (χ4v) is 10.6. The van der Waals surface area contributed by atoms with Gasteiger partial charge < -0.3 is 45.4 Å². The van der Waals surface area contributed by atoms with Crippen LogP contribution in [0.1, 0.15) is 322 Å². The molecule has 1 saturated heterocycles. The van der Waals surface area contributed by atoms with Crippen molar-refractivity contribution in [3.8, 4) is 0 Å². The van der Waals surface area contributed by atoms with Crippen molar-refractivity contribution in [1.29, 1.82) is 0 Å². The van der Waals surface area contributed by atoms with Gasteiger partial charge in [0.25, 0.3) is 0 Å². The highest BCUT2D eigenvalue weighted by Crippen LogP contribution is 2.23. The number of carbonyl (C=O) groups is 1. The summed E-state index contributed by atoms with van der Waals surface area (Å²) in [6, 6.07) is -0.979. The standard InChI is InChI=1S/C65H125NO9/c1-3-5-7-9-11-13-15-17-19-21-22-23-24-25-26-27-28-29-30-31-32-33-34-35-36-37-38-40-42-44-46-48-50-52-54-59(69)64(73)66-57(56-74-65-63(72)62(71)61(70)60(55-67)75-65)58(68)53-51-49-47-45-43-41-39-20-18-16-14-12-10-8-6-4-2/h27-28,51,53,57-63,65,67-72H,3-26,29-50,52,54-56H2,1-2H3,(H,66,73)/b28-27-,53-51+. The summed E-state index contributed by atoms with van der Waals surface area (Å²) in [4.78, 5) is 13.2. The molecule has 1 aliphatic heterocycles. The molecule has 1 heterocycles. The molecule has 0 aromatic carbocycles. The number of aliphatic hydroxyl groups is 6. The largest absolute Gasteiger partial charge is 0.394 e. The van der Waals surface area contributed by atoms with Crippen LogP contribution in [-0.4, -0.2) is 98.7 Å². The number of aliphatic hydroxyl groups excluding tert-OH is 6. The Morgan fingerprint density at radius 3 is 1.12 bits per heavy atom. The first-order valence-corrected chi connectivity index (χ1v) is 32.7. The van der Waals surface area contributed by atoms with E-state index in [-0.39, 0.29) is 6.61 Å². The van der Waals surface area contributed by atoms with E-state index in [1.807, 2.05) is 6.08 Å². The van der Waals surface area contributed by atoms with E-state index in [1.165, 1.54) is 257 Å². The van der Waals surface area contributed by atoms with Crippen LogP contribution in [-0.2, 0) is 14.3 Å². The number of allylic oxidation sites excluding steroid dienone is 3. The Bertz CT molecular complexity index is 1250. The highest BCUT2D eigenvalue weighted by atomic mass is 16.7. The Morgan fingerprint density at radius 2 is 0.773 bits per heavy atom. The second kappa shape index (κ2) is 54.6. The number of hydrogen-bond acceptors (Lipinski definition) is 9. The summed E-state index contributed by atoms with van der Waals surface area (Å²) >= 11 is 0. The molecule has 75 heavy (non-hydrogen) atoms. The number of nitrogens with one attached hydrogen (secondary N) is 1. The van der Waals surface area contributed by atoms with Crippen LogP contribution in [0.4, 0.5) is 0 Å². The van der Waals surface area contributed by atoms with Crippen LogP contribution in [0.5, 0.6) is 0 Å². The summed E-state index contributed by atoms with van der Waals surface area (Å²) in [5.41, 5.74) is 0. The van der Waals surface area contributed by atoms with E-state index in [9.17, 15) is 35.4 Å². The van der Waals surface area contributed by atoms with Crippen molar-refractivity contribution >= 4 is 5.91 Å². The zero-order valence-corrected chi connectivity index (χ0v) is 49.2. The summed E-state index contributed by atoms with van der Waals surface area (Å²) in [7, 11) is 0. The number of rotatable bonds is 57. The maximum atomic E-state index is 13.2. The fourth-order valence-electron chi connectivity index (χ4n) is 10.6. The summed E-state index contributed by atoms with van der Waals surface area (Å²) in [6.45, 7) is 3.66. The zero-order chi connectivity index (χ0) is 54.5. The first kappa shape index (κ1) is 71.6. The average Bonchev–Trinajstić information content (AvgIpc) is 3.41. The second-order valence-electron chi connectivity index (χ2n) is 23.1. The monoisotopic (exact) mass is 1060 g/mol. The van der Waals surface area contributed by atoms with Gasteiger partial charge in [-0.25, -0.2) is 0 Å². The predicted molar refractivity (Wildman–Crippen MR) is 315 cm³/mol. The molecule has 10 heteroatoms. The minimum atomic E-state index is -1.61. The third-order valence-electron chi connectivity index (χ3n) is 15.9. The summed E-state index contributed by atoms with van der Waals surface area (Å²) in [5.74, 6) is -0.611. The molecule has 1 rings (SSSR count). The maximum absolute atomic E-state index is 13.2. The van der Waals surface area contributed by atoms with Crippen molar-refractivity contribution in [2.75, 3.05) is 13.2 Å². The second-order valence-corrected chi connectivity index (χ2v) is 23.1. The van der Waals surface area contributed by atoms with Crippen LogP contribution in [0.3, 0.4) is 0 Å². The van der Waals surface area contributed by atoms with E-state index < -0.39 is 61.5 Å². The third kappa shape index (κ3) is 43.2. The van der Waals surface area contributed by atoms with Crippen molar-refractivity contribution < 1.29 is 44.9 Å². The first-order chi connectivity index (χ1) is 36.8. The minimum absolute atomic E-state index is 0.302. The van der Waals surface area contributed by atoms with Gasteiger partial charge in [0.2, 0.25) is 5.91 Å². The van der Waals surface area contributed by atoms with Crippen molar-refractivity contribution in [2.45, 2.75) is 371 Å². The molecule has 1 fully saturated rings. The van der Waals surface area contributed by atoms with Gasteiger partial charge in [0.1, 0.15) is 30.5 Å². The van der Waals surface area contributed by atoms with Gasteiger partial charge in [-0.1, -0.05) is 301 Å². The molecule has 0 spiro atoms. The quantitative estimate of drug-likeness (QED) is 0.0232. The van der Waals surface area contributed by atoms with Crippen molar-refractivity contribution in [2.24, 2.45) is 0 Å². The normalized spacial score (nSPS) is 19.4. The Labute approximate surface area is 462 Å². The van der Waals surface area contributed by atoms with Crippen LogP contribution < -0.4 is 5.32 Å². The Morgan fingerprint density at radius 1 is 0.453 bits per heavy atom. The van der Waals surface area contributed by atoms with Crippen LogP contribution in [0, 0.1) is 0 Å². The van der Waals surface area contributed by atoms with E-state index in [4.69, 9.17) is 9.47 Å². The highest BCUT2D eigenvalue weighted by molar-refractivity contribution is 5.80. The molecular formula is C65H125NO9. The van der Waals surface area contributed by atoms with Crippen LogP contribution in [0.2, 0.25) is 0 Å². The van der Waals surface area contributed by atoms with E-state index in [1.54, 1.807) is 6.08 Å². The molecular weight excluding hydrogens is 939 g/mol. The van der Waals surface area contributed by atoms with Gasteiger partial charge in [-0.2, -0.15) is 0 Å². The van der Waals surface area contributed by atoms with E-state index in [2.05, 4.69) is 31.3 Å². The molecule has 7 N–H and O–H groups in total. The number of amides is 1. The maximum Gasteiger partial charge on any atom is 0.249 e. The fraction of sp³-hybridized carbons (Fsp3) is 0.923. The number of ether oxygens (including phenoxy) is 2. The van der Waals surface area contributed by atoms with Crippen LogP contribution in [0.15, 0.2) is 24.3 Å². The van der Waals surface area contributed by atoms with Gasteiger partial charge in [-0.15, -0.1) is 0 Å². The molecule has 0 radical (unpaired) electrons.